The topological polar surface area (TPSA) is 71.1 Å². The summed E-state index contributed by atoms with van der Waals surface area (Å²) in [6.45, 7) is 5.18. The molecule has 0 aromatic carbocycles. The van der Waals surface area contributed by atoms with E-state index in [1.54, 1.807) is 12.3 Å². The molecule has 1 aromatic heterocycles. The van der Waals surface area contributed by atoms with Crippen molar-refractivity contribution >= 4 is 15.7 Å². The standard InChI is InChI=1S/C12H19N3O2S/c1-3-14-10-4-7-13-8-11(10)18(16,17)15-9-12(2)5-6-12/h4,7-8,15H,3,5-6,9H2,1-2H3,(H,13,14). The quantitative estimate of drug-likeness (QED) is 0.822. The third kappa shape index (κ3) is 3.00. The minimum atomic E-state index is -3.48. The molecule has 1 aliphatic rings. The van der Waals surface area contributed by atoms with E-state index in [0.29, 0.717) is 18.8 Å². The number of sulfonamides is 1. The zero-order chi connectivity index (χ0) is 13.2. The molecular formula is C12H19N3O2S. The van der Waals surface area contributed by atoms with E-state index in [-0.39, 0.29) is 10.3 Å². The monoisotopic (exact) mass is 269 g/mol. The number of anilines is 1. The Morgan fingerprint density at radius 1 is 1.44 bits per heavy atom. The average Bonchev–Trinajstić information content (AvgIpc) is 3.07. The second kappa shape index (κ2) is 4.85. The van der Waals surface area contributed by atoms with Crippen LogP contribution >= 0.6 is 0 Å². The first-order valence-electron chi connectivity index (χ1n) is 6.14. The van der Waals surface area contributed by atoms with Crippen molar-refractivity contribution < 1.29 is 8.42 Å². The maximum Gasteiger partial charge on any atom is 0.244 e. The number of hydrogen-bond donors (Lipinski definition) is 2. The van der Waals surface area contributed by atoms with Gasteiger partial charge in [-0.05, 0) is 31.2 Å². The number of aromatic nitrogens is 1. The largest absolute Gasteiger partial charge is 0.384 e. The zero-order valence-corrected chi connectivity index (χ0v) is 11.5. The lowest BCUT2D eigenvalue weighted by Gasteiger charge is -2.13. The summed E-state index contributed by atoms with van der Waals surface area (Å²) >= 11 is 0. The zero-order valence-electron chi connectivity index (χ0n) is 10.7. The molecule has 0 saturated heterocycles. The highest BCUT2D eigenvalue weighted by atomic mass is 32.2. The fourth-order valence-corrected chi connectivity index (χ4v) is 2.99. The molecule has 5 nitrogen and oxygen atoms in total. The first kappa shape index (κ1) is 13.3. The lowest BCUT2D eigenvalue weighted by atomic mass is 10.2. The van der Waals surface area contributed by atoms with Gasteiger partial charge in [-0.3, -0.25) is 4.98 Å². The smallest absolute Gasteiger partial charge is 0.244 e. The van der Waals surface area contributed by atoms with Crippen LogP contribution in [-0.2, 0) is 10.0 Å². The van der Waals surface area contributed by atoms with Crippen LogP contribution in [0.1, 0.15) is 26.7 Å². The maximum absolute atomic E-state index is 12.2. The van der Waals surface area contributed by atoms with Gasteiger partial charge < -0.3 is 5.32 Å². The normalized spacial score (nSPS) is 17.4. The molecule has 2 rings (SSSR count). The summed E-state index contributed by atoms with van der Waals surface area (Å²) in [4.78, 5) is 4.11. The Labute approximate surface area is 108 Å². The van der Waals surface area contributed by atoms with Gasteiger partial charge in [0.2, 0.25) is 10.0 Å². The molecule has 1 aromatic rings. The molecule has 1 aliphatic carbocycles. The summed E-state index contributed by atoms with van der Waals surface area (Å²) < 4.78 is 27.1. The van der Waals surface area contributed by atoms with Gasteiger partial charge in [-0.2, -0.15) is 0 Å². The van der Waals surface area contributed by atoms with E-state index in [1.807, 2.05) is 6.92 Å². The van der Waals surface area contributed by atoms with Gasteiger partial charge in [-0.15, -0.1) is 0 Å². The molecular weight excluding hydrogens is 250 g/mol. The van der Waals surface area contributed by atoms with Crippen LogP contribution in [0.15, 0.2) is 23.4 Å². The molecule has 1 fully saturated rings. The van der Waals surface area contributed by atoms with E-state index in [0.717, 1.165) is 12.8 Å². The molecule has 0 unspecified atom stereocenters. The number of pyridine rings is 1. The fourth-order valence-electron chi connectivity index (χ4n) is 1.67. The Bertz CT molecular complexity index is 524. The van der Waals surface area contributed by atoms with E-state index >= 15 is 0 Å². The van der Waals surface area contributed by atoms with Crippen LogP contribution in [0.2, 0.25) is 0 Å². The van der Waals surface area contributed by atoms with Crippen LogP contribution in [0.3, 0.4) is 0 Å². The molecule has 18 heavy (non-hydrogen) atoms. The van der Waals surface area contributed by atoms with Gasteiger partial charge in [0.15, 0.2) is 0 Å². The molecule has 1 saturated carbocycles. The van der Waals surface area contributed by atoms with Gasteiger partial charge in [0.25, 0.3) is 0 Å². The van der Waals surface area contributed by atoms with Crippen molar-refractivity contribution in [2.24, 2.45) is 5.41 Å². The van der Waals surface area contributed by atoms with Gasteiger partial charge >= 0.3 is 0 Å². The third-order valence-corrected chi connectivity index (χ3v) is 4.66. The van der Waals surface area contributed by atoms with Crippen LogP contribution in [-0.4, -0.2) is 26.5 Å². The van der Waals surface area contributed by atoms with Gasteiger partial charge in [0, 0.05) is 25.5 Å². The van der Waals surface area contributed by atoms with E-state index in [2.05, 4.69) is 21.9 Å². The van der Waals surface area contributed by atoms with E-state index in [1.165, 1.54) is 6.20 Å². The summed E-state index contributed by atoms with van der Waals surface area (Å²) in [6, 6.07) is 1.68. The second-order valence-corrected chi connectivity index (χ2v) is 6.77. The van der Waals surface area contributed by atoms with Crippen LogP contribution in [0, 0.1) is 5.41 Å². The average molecular weight is 269 g/mol. The second-order valence-electron chi connectivity index (χ2n) is 5.04. The molecule has 100 valence electrons. The number of nitrogens with one attached hydrogen (secondary N) is 2. The Balaban J connectivity index is 2.17. The predicted octanol–water partition coefficient (Wildman–Crippen LogP) is 1.59. The molecule has 6 heteroatoms. The van der Waals surface area contributed by atoms with Gasteiger partial charge in [-0.25, -0.2) is 13.1 Å². The van der Waals surface area contributed by atoms with Crippen LogP contribution in [0.25, 0.3) is 0 Å². The highest BCUT2D eigenvalue weighted by Gasteiger charge is 2.38. The van der Waals surface area contributed by atoms with Crippen molar-refractivity contribution in [2.75, 3.05) is 18.4 Å². The first-order valence-corrected chi connectivity index (χ1v) is 7.63. The summed E-state index contributed by atoms with van der Waals surface area (Å²) in [5, 5.41) is 3.04. The third-order valence-electron chi connectivity index (χ3n) is 3.23. The molecule has 0 spiro atoms. The minimum Gasteiger partial charge on any atom is -0.384 e. The highest BCUT2D eigenvalue weighted by molar-refractivity contribution is 7.89. The van der Waals surface area contributed by atoms with Gasteiger partial charge in [0.1, 0.15) is 4.90 Å². The Morgan fingerprint density at radius 3 is 2.78 bits per heavy atom. The van der Waals surface area contributed by atoms with Gasteiger partial charge in [-0.1, -0.05) is 6.92 Å². The van der Waals surface area contributed by atoms with Crippen LogP contribution in [0.4, 0.5) is 5.69 Å². The molecule has 0 atom stereocenters. The summed E-state index contributed by atoms with van der Waals surface area (Å²) in [7, 11) is -3.48. The van der Waals surface area contributed by atoms with E-state index in [9.17, 15) is 8.42 Å². The molecule has 0 amide bonds. The molecule has 0 aliphatic heterocycles. The Morgan fingerprint density at radius 2 is 2.17 bits per heavy atom. The Kier molecular flexibility index (Phi) is 3.59. The SMILES string of the molecule is CCNc1ccncc1S(=O)(=O)NCC1(C)CC1. The lowest BCUT2D eigenvalue weighted by Crippen LogP contribution is -2.29. The number of hydrogen-bond acceptors (Lipinski definition) is 4. The van der Waals surface area contributed by atoms with Crippen molar-refractivity contribution in [3.8, 4) is 0 Å². The number of nitrogens with zero attached hydrogens (tertiary/aromatic N) is 1. The van der Waals surface area contributed by atoms with Crippen LogP contribution < -0.4 is 10.0 Å². The molecule has 0 bridgehead atoms. The Hall–Kier alpha value is -1.14. The fraction of sp³-hybridized carbons (Fsp3) is 0.583. The van der Waals surface area contributed by atoms with E-state index < -0.39 is 10.0 Å². The summed E-state index contributed by atoms with van der Waals surface area (Å²) in [5.41, 5.74) is 0.745. The summed E-state index contributed by atoms with van der Waals surface area (Å²) in [5.74, 6) is 0. The van der Waals surface area contributed by atoms with Gasteiger partial charge in [0.05, 0.1) is 5.69 Å². The summed E-state index contributed by atoms with van der Waals surface area (Å²) in [6.07, 6.45) is 5.14. The van der Waals surface area contributed by atoms with Crippen LogP contribution in [0.5, 0.6) is 0 Å². The van der Waals surface area contributed by atoms with Crippen molar-refractivity contribution in [1.29, 1.82) is 0 Å². The lowest BCUT2D eigenvalue weighted by molar-refractivity contribution is 0.530. The van der Waals surface area contributed by atoms with Crippen molar-refractivity contribution in [2.45, 2.75) is 31.6 Å². The van der Waals surface area contributed by atoms with Crippen molar-refractivity contribution in [3.63, 3.8) is 0 Å². The highest BCUT2D eigenvalue weighted by Crippen LogP contribution is 2.44. The van der Waals surface area contributed by atoms with E-state index in [4.69, 9.17) is 0 Å². The molecule has 0 radical (unpaired) electrons. The predicted molar refractivity (Wildman–Crippen MR) is 70.9 cm³/mol. The molecule has 2 N–H and O–H groups in total. The minimum absolute atomic E-state index is 0.146. The number of rotatable bonds is 6. The van der Waals surface area contributed by atoms with Crippen molar-refractivity contribution in [3.05, 3.63) is 18.5 Å². The van der Waals surface area contributed by atoms with Crippen molar-refractivity contribution in [1.82, 2.24) is 9.71 Å². The maximum atomic E-state index is 12.2. The first-order chi connectivity index (χ1) is 8.47. The molecule has 1 heterocycles.